The molecule has 3 fully saturated rings. The van der Waals surface area contributed by atoms with Crippen LogP contribution in [0.1, 0.15) is 73.5 Å². The van der Waals surface area contributed by atoms with E-state index >= 15 is 0 Å². The molecular formula is C36H46F6N4O3. The van der Waals surface area contributed by atoms with Gasteiger partial charge in [0.2, 0.25) is 0 Å². The van der Waals surface area contributed by atoms with Gasteiger partial charge in [-0.05, 0) is 82.6 Å². The molecule has 49 heavy (non-hydrogen) atoms. The molecule has 0 N–H and O–H groups in total. The Kier molecular flexibility index (Phi) is 11.2. The van der Waals surface area contributed by atoms with Gasteiger partial charge in [0.25, 0.3) is 5.91 Å². The minimum atomic E-state index is -5.03. The zero-order valence-corrected chi connectivity index (χ0v) is 28.3. The van der Waals surface area contributed by atoms with E-state index in [4.69, 9.17) is 4.74 Å². The Morgan fingerprint density at radius 3 is 1.92 bits per heavy atom. The quantitative estimate of drug-likeness (QED) is 0.299. The van der Waals surface area contributed by atoms with Gasteiger partial charge in [-0.2, -0.15) is 26.3 Å². The fraction of sp³-hybridized carbons (Fsp3) is 0.611. The molecule has 0 radical (unpaired) electrons. The van der Waals surface area contributed by atoms with E-state index in [2.05, 4.69) is 9.80 Å². The van der Waals surface area contributed by atoms with Crippen LogP contribution < -0.4 is 0 Å². The SMILES string of the molecule is CC(C)(C)OC(=O)N1CCC(N2CCN(CC3CCN(C(=O)c4cc(C(F)(F)F)cc(C(F)(F)F)c4)C(Cc4ccccc4)C3)CC2)CC1. The molecule has 270 valence electrons. The van der Waals surface area contributed by atoms with Crippen LogP contribution in [0.15, 0.2) is 48.5 Å². The van der Waals surface area contributed by atoms with Crippen molar-refractivity contribution in [3.05, 3.63) is 70.8 Å². The number of alkyl halides is 6. The average Bonchev–Trinajstić information content (AvgIpc) is 3.04. The first-order valence-electron chi connectivity index (χ1n) is 17.0. The lowest BCUT2D eigenvalue weighted by atomic mass is 9.86. The van der Waals surface area contributed by atoms with Crippen LogP contribution in [0.2, 0.25) is 0 Å². The maximum absolute atomic E-state index is 13.7. The van der Waals surface area contributed by atoms with Crippen molar-refractivity contribution in [2.24, 2.45) is 5.92 Å². The van der Waals surface area contributed by atoms with Crippen molar-refractivity contribution in [2.45, 2.75) is 82.9 Å². The van der Waals surface area contributed by atoms with Crippen LogP contribution in [0.25, 0.3) is 0 Å². The second kappa shape index (κ2) is 14.9. The van der Waals surface area contributed by atoms with Crippen LogP contribution in [-0.2, 0) is 23.5 Å². The topological polar surface area (TPSA) is 56.3 Å². The average molecular weight is 697 g/mol. The number of likely N-dealkylation sites (tertiary alicyclic amines) is 2. The van der Waals surface area contributed by atoms with Gasteiger partial charge in [-0.25, -0.2) is 4.79 Å². The van der Waals surface area contributed by atoms with Crippen LogP contribution in [-0.4, -0.2) is 102 Å². The molecule has 2 aromatic rings. The monoisotopic (exact) mass is 696 g/mol. The van der Waals surface area contributed by atoms with Crippen LogP contribution in [0.5, 0.6) is 0 Å². The number of amides is 2. The molecule has 2 atom stereocenters. The molecule has 0 saturated carbocycles. The number of benzene rings is 2. The minimum absolute atomic E-state index is 0.0528. The first-order valence-corrected chi connectivity index (χ1v) is 17.0. The number of halogens is 6. The molecule has 13 heteroatoms. The molecule has 5 rings (SSSR count). The summed E-state index contributed by atoms with van der Waals surface area (Å²) in [4.78, 5) is 34.3. The van der Waals surface area contributed by atoms with Gasteiger partial charge in [-0.1, -0.05) is 30.3 Å². The summed E-state index contributed by atoms with van der Waals surface area (Å²) in [7, 11) is 0. The van der Waals surface area contributed by atoms with E-state index in [0.717, 1.165) is 51.1 Å². The molecule has 0 aromatic heterocycles. The van der Waals surface area contributed by atoms with Crippen LogP contribution in [0, 0.1) is 5.92 Å². The number of ether oxygens (including phenoxy) is 1. The zero-order chi connectivity index (χ0) is 35.6. The van der Waals surface area contributed by atoms with E-state index < -0.39 is 40.6 Å². The second-order valence-electron chi connectivity index (χ2n) is 14.6. The summed E-state index contributed by atoms with van der Waals surface area (Å²) in [5.41, 5.74) is -3.17. The van der Waals surface area contributed by atoms with Gasteiger partial charge in [0.1, 0.15) is 5.60 Å². The van der Waals surface area contributed by atoms with Crippen molar-refractivity contribution in [1.29, 1.82) is 0 Å². The normalized spacial score (nSPS) is 22.3. The maximum atomic E-state index is 13.7. The second-order valence-corrected chi connectivity index (χ2v) is 14.6. The van der Waals surface area contributed by atoms with Crippen molar-refractivity contribution < 1.29 is 40.7 Å². The van der Waals surface area contributed by atoms with Crippen LogP contribution in [0.4, 0.5) is 31.1 Å². The Bertz CT molecular complexity index is 1400. The fourth-order valence-electron chi connectivity index (χ4n) is 7.31. The summed E-state index contributed by atoms with van der Waals surface area (Å²) in [6, 6.07) is 10.6. The Morgan fingerprint density at radius 1 is 0.776 bits per heavy atom. The van der Waals surface area contributed by atoms with Gasteiger partial charge in [0.05, 0.1) is 11.1 Å². The largest absolute Gasteiger partial charge is 0.444 e. The summed E-state index contributed by atoms with van der Waals surface area (Å²) >= 11 is 0. The molecule has 3 aliphatic rings. The number of hydrogen-bond acceptors (Lipinski definition) is 5. The van der Waals surface area contributed by atoms with E-state index in [1.165, 1.54) is 4.90 Å². The number of piperazine rings is 1. The summed E-state index contributed by atoms with van der Waals surface area (Å²) < 4.78 is 87.0. The summed E-state index contributed by atoms with van der Waals surface area (Å²) in [5.74, 6) is -0.601. The molecule has 3 saturated heterocycles. The van der Waals surface area contributed by atoms with E-state index in [1.807, 2.05) is 51.1 Å². The van der Waals surface area contributed by atoms with Gasteiger partial charge < -0.3 is 19.4 Å². The number of rotatable bonds is 6. The number of carbonyl (C=O) groups is 2. The molecule has 0 bridgehead atoms. The smallest absolute Gasteiger partial charge is 0.416 e. The third-order valence-corrected chi connectivity index (χ3v) is 9.79. The third-order valence-electron chi connectivity index (χ3n) is 9.79. The predicted octanol–water partition coefficient (Wildman–Crippen LogP) is 7.20. The third kappa shape index (κ3) is 9.90. The van der Waals surface area contributed by atoms with Crippen molar-refractivity contribution in [2.75, 3.05) is 52.4 Å². The highest BCUT2D eigenvalue weighted by Crippen LogP contribution is 2.37. The first-order chi connectivity index (χ1) is 23.0. The highest BCUT2D eigenvalue weighted by molar-refractivity contribution is 5.95. The van der Waals surface area contributed by atoms with Crippen molar-refractivity contribution in [3.63, 3.8) is 0 Å². The van der Waals surface area contributed by atoms with Crippen LogP contribution in [0.3, 0.4) is 0 Å². The molecular weight excluding hydrogens is 650 g/mol. The Balaban J connectivity index is 1.21. The summed E-state index contributed by atoms with van der Waals surface area (Å²) in [5, 5.41) is 0. The minimum Gasteiger partial charge on any atom is -0.444 e. The predicted molar refractivity (Wildman–Crippen MR) is 173 cm³/mol. The summed E-state index contributed by atoms with van der Waals surface area (Å²) in [6.07, 6.45) is -6.91. The molecule has 2 unspecified atom stereocenters. The van der Waals surface area contributed by atoms with Gasteiger partial charge >= 0.3 is 18.4 Å². The van der Waals surface area contributed by atoms with Crippen molar-refractivity contribution in [1.82, 2.24) is 19.6 Å². The lowest BCUT2D eigenvalue weighted by molar-refractivity contribution is -0.143. The fourth-order valence-corrected chi connectivity index (χ4v) is 7.31. The zero-order valence-electron chi connectivity index (χ0n) is 28.3. The molecule has 0 spiro atoms. The summed E-state index contributed by atoms with van der Waals surface area (Å²) in [6.45, 7) is 11.5. The molecule has 2 amide bonds. The van der Waals surface area contributed by atoms with E-state index in [1.54, 1.807) is 4.90 Å². The Morgan fingerprint density at radius 2 is 1.37 bits per heavy atom. The molecule has 3 aliphatic heterocycles. The number of piperidine rings is 2. The van der Waals surface area contributed by atoms with Crippen LogP contribution >= 0.6 is 0 Å². The van der Waals surface area contributed by atoms with E-state index in [0.29, 0.717) is 50.5 Å². The number of nitrogens with zero attached hydrogens (tertiary/aromatic N) is 4. The number of carbonyl (C=O) groups excluding carboxylic acids is 2. The van der Waals surface area contributed by atoms with Crippen molar-refractivity contribution >= 4 is 12.0 Å². The molecule has 3 heterocycles. The Labute approximate surface area is 284 Å². The van der Waals surface area contributed by atoms with Gasteiger partial charge in [-0.15, -0.1) is 0 Å². The number of hydrogen-bond donors (Lipinski definition) is 0. The van der Waals surface area contributed by atoms with Gasteiger partial charge in [0, 0.05) is 70.0 Å². The lowest BCUT2D eigenvalue weighted by Gasteiger charge is -2.45. The highest BCUT2D eigenvalue weighted by Gasteiger charge is 2.40. The molecule has 0 aliphatic carbocycles. The standard InChI is InChI=1S/C36H46F6N4O3/c1-34(2,3)49-33(48)45-12-10-30(11-13-45)44-17-15-43(16-18-44)24-26-9-14-46(31(20-26)19-25-7-5-4-6-8-25)32(47)27-21-28(35(37,38)39)23-29(22-27)36(40,41)42/h4-8,21-23,26,30-31H,9-20,24H2,1-3H3. The first kappa shape index (κ1) is 36.9. The molecule has 2 aromatic carbocycles. The van der Waals surface area contributed by atoms with Crippen molar-refractivity contribution in [3.8, 4) is 0 Å². The lowest BCUT2D eigenvalue weighted by Crippen LogP contribution is -2.55. The highest BCUT2D eigenvalue weighted by atomic mass is 19.4. The van der Waals surface area contributed by atoms with Gasteiger partial charge in [-0.3, -0.25) is 9.69 Å². The molecule has 7 nitrogen and oxygen atoms in total. The van der Waals surface area contributed by atoms with E-state index in [-0.39, 0.29) is 30.7 Å². The maximum Gasteiger partial charge on any atom is 0.416 e. The van der Waals surface area contributed by atoms with E-state index in [9.17, 15) is 35.9 Å². The van der Waals surface area contributed by atoms with Gasteiger partial charge in [0.15, 0.2) is 0 Å². The Hall–Kier alpha value is -3.32.